The molecule has 6 fully saturated rings. The zero-order chi connectivity index (χ0) is 7.77. The lowest BCUT2D eigenvalue weighted by molar-refractivity contribution is -0.168. The molecule has 64 valence electrons. The second-order valence-corrected chi connectivity index (χ2v) is 8.38. The summed E-state index contributed by atoms with van der Waals surface area (Å²) in [6, 6.07) is 0. The van der Waals surface area contributed by atoms with Crippen LogP contribution in [0.1, 0.15) is 0 Å². The van der Waals surface area contributed by atoms with Gasteiger partial charge in [0.25, 0.3) is 0 Å². The van der Waals surface area contributed by atoms with Crippen LogP contribution < -0.4 is 0 Å². The molecule has 0 saturated heterocycles. The van der Waals surface area contributed by atoms with Crippen LogP contribution in [-0.4, -0.2) is 7.85 Å². The number of halogens is 2. The summed E-state index contributed by atoms with van der Waals surface area (Å²) in [5, 5.41) is 0. The maximum Gasteiger partial charge on any atom is 0.0178 e. The first-order chi connectivity index (χ1) is 5.82. The molecule has 6 aliphatic rings. The predicted molar refractivity (Wildman–Crippen MR) is 63.5 cm³/mol. The van der Waals surface area contributed by atoms with Crippen LogP contribution in [0.2, 0.25) is 0 Å². The molecule has 0 amide bonds. The molecule has 0 N–H and O–H groups in total. The van der Waals surface area contributed by atoms with Gasteiger partial charge in [-0.2, -0.15) is 0 Å². The van der Waals surface area contributed by atoms with Crippen LogP contribution in [0.3, 0.4) is 0 Å². The van der Waals surface area contributed by atoms with Crippen molar-refractivity contribution < 1.29 is 0 Å². The van der Waals surface area contributed by atoms with Crippen LogP contribution in [-0.2, 0) is 0 Å². The summed E-state index contributed by atoms with van der Waals surface area (Å²) < 4.78 is 2.21. The Hall–Kier alpha value is 1.46. The van der Waals surface area contributed by atoms with Crippen LogP contribution in [0.15, 0.2) is 0 Å². The fraction of sp³-hybridized carbons (Fsp3) is 1.00. The highest BCUT2D eigenvalue weighted by Crippen LogP contribution is 2.90. The Balaban J connectivity index is 1.83. The van der Waals surface area contributed by atoms with Crippen LogP contribution >= 0.6 is 45.2 Å². The molecule has 6 rings (SSSR count). The van der Waals surface area contributed by atoms with Crippen molar-refractivity contribution in [2.75, 3.05) is 0 Å². The predicted octanol–water partition coefficient (Wildman–Crippen LogP) is 2.59. The first kappa shape index (κ1) is 6.85. The van der Waals surface area contributed by atoms with E-state index in [9.17, 15) is 0 Å². The highest BCUT2D eigenvalue weighted by Gasteiger charge is 2.88. The molecule has 0 nitrogen and oxygen atoms in total. The number of hydrogen-bond donors (Lipinski definition) is 0. The van der Waals surface area contributed by atoms with Gasteiger partial charge in [-0.3, -0.25) is 0 Å². The van der Waals surface area contributed by atoms with Crippen molar-refractivity contribution in [1.82, 2.24) is 0 Å². The molecule has 0 aromatic heterocycles. The molecule has 0 radical (unpaired) electrons. The Kier molecular flexibility index (Phi) is 0.944. The van der Waals surface area contributed by atoms with E-state index in [2.05, 4.69) is 45.2 Å². The van der Waals surface area contributed by atoms with Gasteiger partial charge in [0, 0.05) is 7.85 Å². The van der Waals surface area contributed by atoms with Crippen LogP contribution in [0.25, 0.3) is 0 Å². The molecule has 0 aromatic carbocycles. The zero-order valence-corrected chi connectivity index (χ0v) is 10.8. The monoisotopic (exact) mass is 384 g/mol. The summed E-state index contributed by atoms with van der Waals surface area (Å²) in [4.78, 5) is 0. The van der Waals surface area contributed by atoms with E-state index >= 15 is 0 Å². The molecule has 0 aromatic rings. The first-order valence-corrected chi connectivity index (χ1v) is 7.59. The van der Waals surface area contributed by atoms with Gasteiger partial charge in [0.1, 0.15) is 0 Å². The highest BCUT2D eigenvalue weighted by atomic mass is 127. The molecule has 4 bridgehead atoms. The quantitative estimate of drug-likeness (QED) is 0.445. The minimum absolute atomic E-state index is 1.11. The summed E-state index contributed by atoms with van der Waals surface area (Å²) in [6.07, 6.45) is 0. The van der Waals surface area contributed by atoms with Gasteiger partial charge in [-0.1, -0.05) is 45.2 Å². The summed E-state index contributed by atoms with van der Waals surface area (Å²) >= 11 is 5.57. The van der Waals surface area contributed by atoms with Crippen molar-refractivity contribution >= 4 is 45.2 Å². The zero-order valence-electron chi connectivity index (χ0n) is 6.53. The van der Waals surface area contributed by atoms with Crippen LogP contribution in [0, 0.1) is 47.3 Å². The van der Waals surface area contributed by atoms with E-state index in [-0.39, 0.29) is 0 Å². The summed E-state index contributed by atoms with van der Waals surface area (Å²) in [7, 11) is 0. The minimum atomic E-state index is 1.11. The molecular formula is C10H10I2. The van der Waals surface area contributed by atoms with E-state index in [1.54, 1.807) is 0 Å². The topological polar surface area (TPSA) is 0 Å². The van der Waals surface area contributed by atoms with E-state index < -0.39 is 0 Å². The Labute approximate surface area is 99.5 Å². The van der Waals surface area contributed by atoms with Crippen LogP contribution in [0.4, 0.5) is 0 Å². The number of hydrogen-bond acceptors (Lipinski definition) is 0. The lowest BCUT2D eigenvalue weighted by Gasteiger charge is -2.63. The van der Waals surface area contributed by atoms with Gasteiger partial charge in [-0.15, -0.1) is 0 Å². The third-order valence-electron chi connectivity index (χ3n) is 5.92. The van der Waals surface area contributed by atoms with Gasteiger partial charge in [0.2, 0.25) is 0 Å². The Morgan fingerprint density at radius 1 is 0.417 bits per heavy atom. The molecule has 0 spiro atoms. The van der Waals surface area contributed by atoms with Gasteiger partial charge in [0.15, 0.2) is 0 Å². The molecule has 6 saturated carbocycles. The maximum absolute atomic E-state index is 2.78. The standard InChI is InChI=1S/C10H10I2/c11-9-5-1-2-4(5)8-7(9)3(1)6(2)10(8)12/h1-10H/t1-,2-,3-,4+,5-,6+,7+,8-,9-,10+/m1/s1. The third kappa shape index (κ3) is 0.380. The fourth-order valence-electron chi connectivity index (χ4n) is 6.03. The average molecular weight is 384 g/mol. The van der Waals surface area contributed by atoms with Crippen molar-refractivity contribution in [3.63, 3.8) is 0 Å². The molecule has 6 aliphatic carbocycles. The van der Waals surface area contributed by atoms with Crippen molar-refractivity contribution in [3.05, 3.63) is 0 Å². The van der Waals surface area contributed by atoms with E-state index in [1.165, 1.54) is 47.3 Å². The average Bonchev–Trinajstić information content (AvgIpc) is 2.45. The molecule has 0 aliphatic heterocycles. The number of alkyl halides is 2. The molecule has 0 unspecified atom stereocenters. The van der Waals surface area contributed by atoms with E-state index in [1.807, 2.05) is 0 Å². The van der Waals surface area contributed by atoms with E-state index in [0.29, 0.717) is 0 Å². The van der Waals surface area contributed by atoms with Crippen molar-refractivity contribution in [2.24, 2.45) is 47.3 Å². The maximum atomic E-state index is 2.78. The van der Waals surface area contributed by atoms with E-state index in [0.717, 1.165) is 7.85 Å². The summed E-state index contributed by atoms with van der Waals surface area (Å²) in [5.74, 6) is 9.80. The summed E-state index contributed by atoms with van der Waals surface area (Å²) in [5.41, 5.74) is 0. The lowest BCUT2D eigenvalue weighted by Crippen LogP contribution is -2.61. The fourth-order valence-corrected chi connectivity index (χ4v) is 9.86. The highest BCUT2D eigenvalue weighted by molar-refractivity contribution is 14.1. The Bertz CT molecular complexity index is 268. The molecule has 2 heteroatoms. The lowest BCUT2D eigenvalue weighted by atomic mass is 9.41. The summed E-state index contributed by atoms with van der Waals surface area (Å²) in [6.45, 7) is 0. The Morgan fingerprint density at radius 3 is 1.00 bits per heavy atom. The van der Waals surface area contributed by atoms with E-state index in [4.69, 9.17) is 0 Å². The Morgan fingerprint density at radius 2 is 0.667 bits per heavy atom. The van der Waals surface area contributed by atoms with Crippen molar-refractivity contribution in [2.45, 2.75) is 7.85 Å². The van der Waals surface area contributed by atoms with Crippen molar-refractivity contribution in [3.8, 4) is 0 Å². The molecular weight excluding hydrogens is 374 g/mol. The number of rotatable bonds is 0. The van der Waals surface area contributed by atoms with Gasteiger partial charge in [-0.25, -0.2) is 0 Å². The van der Waals surface area contributed by atoms with Gasteiger partial charge >= 0.3 is 0 Å². The second-order valence-electron chi connectivity index (χ2n) is 5.51. The smallest absolute Gasteiger partial charge is 0.0178 e. The second kappa shape index (κ2) is 1.65. The van der Waals surface area contributed by atoms with Gasteiger partial charge in [-0.05, 0) is 47.3 Å². The third-order valence-corrected chi connectivity index (χ3v) is 9.24. The minimum Gasteiger partial charge on any atom is -0.0820 e. The molecule has 0 heterocycles. The largest absolute Gasteiger partial charge is 0.0820 e. The molecule has 12 heavy (non-hydrogen) atoms. The van der Waals surface area contributed by atoms with Gasteiger partial charge < -0.3 is 0 Å². The van der Waals surface area contributed by atoms with Crippen LogP contribution in [0.5, 0.6) is 0 Å². The molecule has 10 atom stereocenters. The van der Waals surface area contributed by atoms with Crippen molar-refractivity contribution in [1.29, 1.82) is 0 Å². The SMILES string of the molecule is I[C@H]1[C@@H]2[C@@H]3[C@@H]4[C@H](I)[C@H]5[C@@H]([C@@H]14)[C@H]2[C@@H]53. The van der Waals surface area contributed by atoms with Gasteiger partial charge in [0.05, 0.1) is 0 Å². The first-order valence-electron chi connectivity index (χ1n) is 5.10. The normalized spacial score (nSPS) is 90.5.